The first-order valence-electron chi connectivity index (χ1n) is 9.87. The van der Waals surface area contributed by atoms with Gasteiger partial charge in [-0.15, -0.1) is 0 Å². The highest BCUT2D eigenvalue weighted by Crippen LogP contribution is 2.21. The van der Waals surface area contributed by atoms with E-state index in [4.69, 9.17) is 4.74 Å². The van der Waals surface area contributed by atoms with Crippen molar-refractivity contribution in [3.05, 3.63) is 59.7 Å². The van der Waals surface area contributed by atoms with Gasteiger partial charge < -0.3 is 9.64 Å². The fourth-order valence-corrected chi connectivity index (χ4v) is 4.85. The Labute approximate surface area is 173 Å². The predicted molar refractivity (Wildman–Crippen MR) is 112 cm³/mol. The summed E-state index contributed by atoms with van der Waals surface area (Å²) in [6, 6.07) is 14.7. The second kappa shape index (κ2) is 9.41. The van der Waals surface area contributed by atoms with E-state index in [-0.39, 0.29) is 10.8 Å². The summed E-state index contributed by atoms with van der Waals surface area (Å²) in [7, 11) is -2.01. The van der Waals surface area contributed by atoms with Crippen molar-refractivity contribution in [3.63, 3.8) is 0 Å². The van der Waals surface area contributed by atoms with Gasteiger partial charge in [-0.3, -0.25) is 4.79 Å². The minimum Gasteiger partial charge on any atom is -0.497 e. The zero-order chi connectivity index (χ0) is 20.9. The Morgan fingerprint density at radius 1 is 0.966 bits per heavy atom. The first-order valence-corrected chi connectivity index (χ1v) is 11.3. The van der Waals surface area contributed by atoms with Gasteiger partial charge in [0, 0.05) is 32.6 Å². The SMILES string of the molecule is COc1ccc(S(=O)(=O)N2CCN(C(=O)CCCc3ccc(C)cc3)CC2)cc1. The molecule has 1 amide bonds. The Bertz CT molecular complexity index is 916. The van der Waals surface area contributed by atoms with Crippen LogP contribution in [0.25, 0.3) is 0 Å². The minimum atomic E-state index is -3.55. The highest BCUT2D eigenvalue weighted by molar-refractivity contribution is 7.89. The molecule has 1 saturated heterocycles. The molecular formula is C22H28N2O4S. The summed E-state index contributed by atoms with van der Waals surface area (Å²) >= 11 is 0. The maximum atomic E-state index is 12.8. The van der Waals surface area contributed by atoms with Crippen LogP contribution in [-0.2, 0) is 21.2 Å². The third kappa shape index (κ3) is 5.36. The van der Waals surface area contributed by atoms with E-state index in [0.717, 1.165) is 12.8 Å². The molecule has 6 nitrogen and oxygen atoms in total. The van der Waals surface area contributed by atoms with Gasteiger partial charge in [0.05, 0.1) is 12.0 Å². The van der Waals surface area contributed by atoms with Crippen molar-refractivity contribution in [1.29, 1.82) is 0 Å². The number of ether oxygens (including phenoxy) is 1. The minimum absolute atomic E-state index is 0.0959. The van der Waals surface area contributed by atoms with Crippen LogP contribution < -0.4 is 4.74 Å². The first-order chi connectivity index (χ1) is 13.9. The Morgan fingerprint density at radius 3 is 2.17 bits per heavy atom. The lowest BCUT2D eigenvalue weighted by Crippen LogP contribution is -2.50. The molecule has 0 spiro atoms. The maximum absolute atomic E-state index is 12.8. The third-order valence-corrected chi connectivity index (χ3v) is 7.18. The molecule has 0 atom stereocenters. The molecule has 1 aliphatic heterocycles. The average molecular weight is 417 g/mol. The van der Waals surface area contributed by atoms with Crippen molar-refractivity contribution in [2.75, 3.05) is 33.3 Å². The lowest BCUT2D eigenvalue weighted by atomic mass is 10.1. The molecule has 1 aliphatic rings. The lowest BCUT2D eigenvalue weighted by Gasteiger charge is -2.34. The van der Waals surface area contributed by atoms with E-state index in [1.54, 1.807) is 36.3 Å². The van der Waals surface area contributed by atoms with Crippen LogP contribution in [0.3, 0.4) is 0 Å². The van der Waals surface area contributed by atoms with E-state index in [1.807, 2.05) is 0 Å². The number of piperazine rings is 1. The number of hydrogen-bond acceptors (Lipinski definition) is 4. The Balaban J connectivity index is 1.48. The predicted octanol–water partition coefficient (Wildman–Crippen LogP) is 2.86. The van der Waals surface area contributed by atoms with Crippen molar-refractivity contribution in [1.82, 2.24) is 9.21 Å². The van der Waals surface area contributed by atoms with Gasteiger partial charge >= 0.3 is 0 Å². The number of hydrogen-bond donors (Lipinski definition) is 0. The Morgan fingerprint density at radius 2 is 1.59 bits per heavy atom. The molecule has 156 valence electrons. The van der Waals surface area contributed by atoms with E-state index in [9.17, 15) is 13.2 Å². The molecule has 0 saturated carbocycles. The van der Waals surface area contributed by atoms with Crippen molar-refractivity contribution >= 4 is 15.9 Å². The largest absolute Gasteiger partial charge is 0.497 e. The molecule has 1 heterocycles. The van der Waals surface area contributed by atoms with Gasteiger partial charge in [0.25, 0.3) is 0 Å². The van der Waals surface area contributed by atoms with Crippen LogP contribution in [0.2, 0.25) is 0 Å². The molecule has 2 aromatic carbocycles. The zero-order valence-electron chi connectivity index (χ0n) is 17.0. The topological polar surface area (TPSA) is 66.9 Å². The van der Waals surface area contributed by atoms with Gasteiger partial charge in [0.2, 0.25) is 15.9 Å². The second-order valence-electron chi connectivity index (χ2n) is 7.30. The van der Waals surface area contributed by atoms with Crippen LogP contribution in [-0.4, -0.2) is 56.8 Å². The van der Waals surface area contributed by atoms with Crippen LogP contribution >= 0.6 is 0 Å². The first kappa shape index (κ1) is 21.3. The molecule has 0 bridgehead atoms. The average Bonchev–Trinajstić information content (AvgIpc) is 2.75. The number of amides is 1. The van der Waals surface area contributed by atoms with Gasteiger partial charge in [0.15, 0.2) is 0 Å². The Kier molecular flexibility index (Phi) is 6.92. The van der Waals surface area contributed by atoms with E-state index in [0.29, 0.717) is 38.3 Å². The van der Waals surface area contributed by atoms with Gasteiger partial charge in [-0.05, 0) is 49.6 Å². The van der Waals surface area contributed by atoms with Crippen molar-refractivity contribution in [2.45, 2.75) is 31.1 Å². The van der Waals surface area contributed by atoms with Gasteiger partial charge in [-0.1, -0.05) is 29.8 Å². The van der Waals surface area contributed by atoms with E-state index < -0.39 is 10.0 Å². The molecule has 7 heteroatoms. The number of aryl methyl sites for hydroxylation is 2. The summed E-state index contributed by atoms with van der Waals surface area (Å²) in [5.74, 6) is 0.712. The number of rotatable bonds is 7. The number of methoxy groups -OCH3 is 1. The molecule has 0 unspecified atom stereocenters. The molecule has 1 fully saturated rings. The second-order valence-corrected chi connectivity index (χ2v) is 9.24. The maximum Gasteiger partial charge on any atom is 0.243 e. The number of nitrogens with zero attached hydrogens (tertiary/aromatic N) is 2. The summed E-state index contributed by atoms with van der Waals surface area (Å²) in [4.78, 5) is 14.5. The fourth-order valence-electron chi connectivity index (χ4n) is 3.43. The van der Waals surface area contributed by atoms with Gasteiger partial charge in [-0.25, -0.2) is 8.42 Å². The number of benzene rings is 2. The summed E-state index contributed by atoms with van der Waals surface area (Å²) < 4.78 is 32.1. The number of sulfonamides is 1. The van der Waals surface area contributed by atoms with Crippen molar-refractivity contribution in [2.24, 2.45) is 0 Å². The van der Waals surface area contributed by atoms with Crippen LogP contribution in [0.5, 0.6) is 5.75 Å². The van der Waals surface area contributed by atoms with Crippen molar-refractivity contribution < 1.29 is 17.9 Å². The summed E-state index contributed by atoms with van der Waals surface area (Å²) in [6.07, 6.45) is 2.16. The van der Waals surface area contributed by atoms with Crippen LogP contribution in [0, 0.1) is 6.92 Å². The van der Waals surface area contributed by atoms with E-state index >= 15 is 0 Å². The summed E-state index contributed by atoms with van der Waals surface area (Å²) in [5, 5.41) is 0. The van der Waals surface area contributed by atoms with E-state index in [1.165, 1.54) is 15.4 Å². The lowest BCUT2D eigenvalue weighted by molar-refractivity contribution is -0.132. The number of carbonyl (C=O) groups excluding carboxylic acids is 1. The molecule has 3 rings (SSSR count). The number of carbonyl (C=O) groups is 1. The monoisotopic (exact) mass is 416 g/mol. The Hall–Kier alpha value is -2.38. The normalized spacial score (nSPS) is 15.3. The van der Waals surface area contributed by atoms with Gasteiger partial charge in [0.1, 0.15) is 5.75 Å². The molecule has 0 aliphatic carbocycles. The molecule has 0 aromatic heterocycles. The summed E-state index contributed by atoms with van der Waals surface area (Å²) in [6.45, 7) is 3.55. The molecule has 2 aromatic rings. The standard InChI is InChI=1S/C22H28N2O4S/c1-18-6-8-19(9-7-18)4-3-5-22(25)23-14-16-24(17-15-23)29(26,27)21-12-10-20(28-2)11-13-21/h6-13H,3-5,14-17H2,1-2H3. The zero-order valence-corrected chi connectivity index (χ0v) is 17.8. The smallest absolute Gasteiger partial charge is 0.243 e. The van der Waals surface area contributed by atoms with Crippen molar-refractivity contribution in [3.8, 4) is 5.75 Å². The van der Waals surface area contributed by atoms with Gasteiger partial charge in [-0.2, -0.15) is 4.31 Å². The molecular weight excluding hydrogens is 388 g/mol. The van der Waals surface area contributed by atoms with Crippen LogP contribution in [0.15, 0.2) is 53.4 Å². The van der Waals surface area contributed by atoms with E-state index in [2.05, 4.69) is 31.2 Å². The highest BCUT2D eigenvalue weighted by atomic mass is 32.2. The summed E-state index contributed by atoms with van der Waals surface area (Å²) in [5.41, 5.74) is 2.46. The molecule has 0 N–H and O–H groups in total. The molecule has 29 heavy (non-hydrogen) atoms. The van der Waals surface area contributed by atoms with Crippen LogP contribution in [0.1, 0.15) is 24.0 Å². The molecule has 0 radical (unpaired) electrons. The third-order valence-electron chi connectivity index (χ3n) is 5.27. The highest BCUT2D eigenvalue weighted by Gasteiger charge is 2.29. The quantitative estimate of drug-likeness (QED) is 0.696. The van der Waals surface area contributed by atoms with Crippen LogP contribution in [0.4, 0.5) is 0 Å². The fraction of sp³-hybridized carbons (Fsp3) is 0.409.